The molecule has 8 aliphatic carbocycles. The van der Waals surface area contributed by atoms with Gasteiger partial charge in [0.15, 0.2) is 0 Å². The van der Waals surface area contributed by atoms with Crippen LogP contribution in [0.1, 0.15) is 62.5 Å². The summed E-state index contributed by atoms with van der Waals surface area (Å²) in [5, 5.41) is 9.31. The van der Waals surface area contributed by atoms with E-state index < -0.39 is 0 Å². The number of anilines is 2. The summed E-state index contributed by atoms with van der Waals surface area (Å²) in [5.74, 6) is 5.73. The second-order valence-corrected chi connectivity index (χ2v) is 21.9. The molecule has 0 aliphatic heterocycles. The van der Waals surface area contributed by atoms with Crippen molar-refractivity contribution < 1.29 is 0 Å². The zero-order chi connectivity index (χ0) is 42.2. The number of nitrogens with one attached hydrogen (secondary N) is 1. The summed E-state index contributed by atoms with van der Waals surface area (Å²) in [6.45, 7) is 0. The average molecular weight is 837 g/mol. The number of rotatable bonds is 8. The zero-order valence-electron chi connectivity index (χ0n) is 36.8. The van der Waals surface area contributed by atoms with Gasteiger partial charge in [-0.2, -0.15) is 0 Å². The molecule has 2 nitrogen and oxygen atoms in total. The normalized spacial score (nSPS) is 30.5. The Labute approximate surface area is 381 Å². The fraction of sp³-hybridized carbons (Fsp3) is 0.270. The predicted molar refractivity (Wildman–Crippen MR) is 268 cm³/mol. The number of hydrogen-bond acceptors (Lipinski definition) is 1. The summed E-state index contributed by atoms with van der Waals surface area (Å²) in [7, 11) is 0. The summed E-state index contributed by atoms with van der Waals surface area (Å²) in [4.78, 5) is 0. The van der Waals surface area contributed by atoms with Crippen LogP contribution >= 0.6 is 0 Å². The van der Waals surface area contributed by atoms with Crippen molar-refractivity contribution in [2.24, 2.45) is 40.9 Å². The lowest BCUT2D eigenvalue weighted by Gasteiger charge is -2.91. The molecule has 1 heterocycles. The third-order valence-electron chi connectivity index (χ3n) is 19.8. The molecule has 65 heavy (non-hydrogen) atoms. The van der Waals surface area contributed by atoms with Crippen molar-refractivity contribution in [2.75, 3.05) is 5.32 Å². The van der Waals surface area contributed by atoms with Crippen LogP contribution in [0.25, 0.3) is 71.6 Å². The van der Waals surface area contributed by atoms with E-state index in [1.807, 2.05) is 0 Å². The summed E-state index contributed by atoms with van der Waals surface area (Å²) in [6, 6.07) is 67.1. The molecule has 0 amide bonds. The molecular weight excluding hydrogens is 785 g/mol. The topological polar surface area (TPSA) is 17.0 Å². The van der Waals surface area contributed by atoms with E-state index in [2.05, 4.69) is 186 Å². The maximum absolute atomic E-state index is 3.92. The van der Waals surface area contributed by atoms with Crippen molar-refractivity contribution in [1.82, 2.24) is 4.57 Å². The second-order valence-electron chi connectivity index (χ2n) is 21.9. The van der Waals surface area contributed by atoms with Crippen LogP contribution in [0.4, 0.5) is 11.4 Å². The highest BCUT2D eigenvalue weighted by atomic mass is 15.0. The van der Waals surface area contributed by atoms with Crippen molar-refractivity contribution >= 4 is 44.0 Å². The summed E-state index contributed by atoms with van der Waals surface area (Å²) < 4.78 is 2.63. The van der Waals surface area contributed by atoms with Crippen molar-refractivity contribution in [1.29, 1.82) is 0 Å². The first kappa shape index (κ1) is 35.9. The number of aromatic nitrogens is 1. The van der Waals surface area contributed by atoms with E-state index in [0.29, 0.717) is 16.2 Å². The van der Waals surface area contributed by atoms with E-state index in [0.717, 1.165) is 46.9 Å². The van der Waals surface area contributed by atoms with Gasteiger partial charge < -0.3 is 9.88 Å². The van der Waals surface area contributed by atoms with Gasteiger partial charge in [-0.3, -0.25) is 0 Å². The molecule has 2 heteroatoms. The first-order valence-electron chi connectivity index (χ1n) is 24.8. The molecule has 4 bridgehead atoms. The van der Waals surface area contributed by atoms with Crippen molar-refractivity contribution in [3.05, 3.63) is 187 Å². The standard InChI is InChI=1S/C63H52N2/c1-3-9-38(10-4-1)40-15-20-52(21-16-40)64-58-30-42-14-8-7-13-41(42)29-54(58)44-25-43(39-11-5-2-6-12-39)27-53(28-44)65-59-23-18-46(61-36-50-31-49-32-51(37-61)63(49,50)61)33-55(59)56-34-48(19-24-60(56)65)62-35-45-26-47(62)17-22-57(45)62/h1-16,18-21,23-25,27-30,33-34,45,47,49-51,57,64H,17,22,26,31-32,35-37H2. The molecule has 314 valence electrons. The minimum atomic E-state index is 0.414. The van der Waals surface area contributed by atoms with Crippen LogP contribution in [0.3, 0.4) is 0 Å². The monoisotopic (exact) mass is 836 g/mol. The molecule has 0 radical (unpaired) electrons. The summed E-state index contributed by atoms with van der Waals surface area (Å²) in [5.41, 5.74) is 18.2. The van der Waals surface area contributed by atoms with Gasteiger partial charge in [0.2, 0.25) is 0 Å². The molecule has 17 rings (SSSR count). The first-order chi connectivity index (χ1) is 32.1. The average Bonchev–Trinajstić information content (AvgIpc) is 4.04. The van der Waals surface area contributed by atoms with E-state index in [4.69, 9.17) is 0 Å². The van der Waals surface area contributed by atoms with Gasteiger partial charge in [-0.1, -0.05) is 109 Å². The Morgan fingerprint density at radius 2 is 1.09 bits per heavy atom. The molecule has 8 aliphatic rings. The second kappa shape index (κ2) is 12.5. The van der Waals surface area contributed by atoms with Crippen LogP contribution in [0, 0.1) is 40.9 Å². The van der Waals surface area contributed by atoms with Gasteiger partial charge in [-0.25, -0.2) is 0 Å². The molecule has 8 saturated carbocycles. The van der Waals surface area contributed by atoms with Crippen LogP contribution in [0.5, 0.6) is 0 Å². The van der Waals surface area contributed by atoms with Gasteiger partial charge in [0.1, 0.15) is 0 Å². The Bertz CT molecular complexity index is 3440. The lowest BCUT2D eigenvalue weighted by atomic mass is 9.12. The number of nitrogens with zero attached hydrogens (tertiary/aromatic N) is 1. The molecule has 1 aromatic heterocycles. The highest BCUT2D eigenvalue weighted by Gasteiger charge is 2.87. The molecule has 6 atom stereocenters. The molecule has 9 aromatic rings. The van der Waals surface area contributed by atoms with Gasteiger partial charge in [0.25, 0.3) is 0 Å². The molecular formula is C63H52N2. The smallest absolute Gasteiger partial charge is 0.0541 e. The Morgan fingerprint density at radius 3 is 1.75 bits per heavy atom. The Balaban J connectivity index is 0.893. The number of hydrogen-bond donors (Lipinski definition) is 1. The summed E-state index contributed by atoms with van der Waals surface area (Å²) >= 11 is 0. The van der Waals surface area contributed by atoms with E-state index >= 15 is 0 Å². The fourth-order valence-corrected chi connectivity index (χ4v) is 17.2. The van der Waals surface area contributed by atoms with Gasteiger partial charge in [0, 0.05) is 44.2 Å². The molecule has 6 unspecified atom stereocenters. The maximum Gasteiger partial charge on any atom is 0.0541 e. The maximum atomic E-state index is 3.92. The van der Waals surface area contributed by atoms with Crippen molar-refractivity contribution in [3.8, 4) is 39.1 Å². The van der Waals surface area contributed by atoms with Gasteiger partial charge >= 0.3 is 0 Å². The Morgan fingerprint density at radius 1 is 0.462 bits per heavy atom. The lowest BCUT2D eigenvalue weighted by molar-refractivity contribution is -0.395. The zero-order valence-corrected chi connectivity index (χ0v) is 36.8. The number of fused-ring (bicyclic) bond motifs is 4. The minimum absolute atomic E-state index is 0.414. The highest BCUT2D eigenvalue weighted by molar-refractivity contribution is 6.10. The van der Waals surface area contributed by atoms with Crippen molar-refractivity contribution in [2.45, 2.75) is 62.2 Å². The van der Waals surface area contributed by atoms with Crippen LogP contribution in [0.2, 0.25) is 0 Å². The van der Waals surface area contributed by atoms with E-state index in [-0.39, 0.29) is 0 Å². The molecule has 1 spiro atoms. The largest absolute Gasteiger partial charge is 0.355 e. The molecule has 8 aromatic carbocycles. The first-order valence-corrected chi connectivity index (χ1v) is 24.8. The van der Waals surface area contributed by atoms with Crippen LogP contribution < -0.4 is 5.32 Å². The third kappa shape index (κ3) is 4.47. The molecule has 0 saturated heterocycles. The van der Waals surface area contributed by atoms with Crippen molar-refractivity contribution in [3.63, 3.8) is 0 Å². The predicted octanol–water partition coefficient (Wildman–Crippen LogP) is 16.1. The molecule has 8 fully saturated rings. The van der Waals surface area contributed by atoms with Crippen LogP contribution in [0.15, 0.2) is 176 Å². The Hall–Kier alpha value is -6.38. The SMILES string of the molecule is c1ccc(-c2ccc(Nc3cc4ccccc4cc3-c3cc(-c4ccccc4)cc(-n4c5ccc(C67CC8CC6CCC87)cc5c5cc(C67CC8CC9CC(C6)C987)ccc54)c3)cc2)cc1. The Kier molecular flexibility index (Phi) is 6.90. The van der Waals surface area contributed by atoms with E-state index in [1.54, 1.807) is 11.1 Å². The fourth-order valence-electron chi connectivity index (χ4n) is 17.2. The van der Waals surface area contributed by atoms with E-state index in [9.17, 15) is 0 Å². The quantitative estimate of drug-likeness (QED) is 0.161. The van der Waals surface area contributed by atoms with Gasteiger partial charge in [0.05, 0.1) is 11.0 Å². The third-order valence-corrected chi connectivity index (χ3v) is 19.8. The lowest BCUT2D eigenvalue weighted by Crippen LogP contribution is -2.87. The van der Waals surface area contributed by atoms with Gasteiger partial charge in [-0.05, 0) is 209 Å². The highest BCUT2D eigenvalue weighted by Crippen LogP contribution is 2.92. The minimum Gasteiger partial charge on any atom is -0.355 e. The molecule has 1 N–H and O–H groups in total. The number of benzene rings is 8. The van der Waals surface area contributed by atoms with E-state index in [1.165, 1.54) is 123 Å². The van der Waals surface area contributed by atoms with Gasteiger partial charge in [-0.15, -0.1) is 0 Å². The van der Waals surface area contributed by atoms with Crippen LogP contribution in [-0.2, 0) is 10.8 Å². The van der Waals surface area contributed by atoms with Crippen LogP contribution in [-0.4, -0.2) is 4.57 Å². The summed E-state index contributed by atoms with van der Waals surface area (Å²) in [6.07, 6.45) is 11.6.